The van der Waals surface area contributed by atoms with Crippen LogP contribution in [0.1, 0.15) is 6.92 Å². The summed E-state index contributed by atoms with van der Waals surface area (Å²) in [6.07, 6.45) is 4.52. The van der Waals surface area contributed by atoms with Gasteiger partial charge < -0.3 is 14.2 Å². The summed E-state index contributed by atoms with van der Waals surface area (Å²) < 4.78 is 35.4. The van der Waals surface area contributed by atoms with Crippen LogP contribution in [0.15, 0.2) is 48.0 Å². The molecule has 142 valence electrons. The van der Waals surface area contributed by atoms with Gasteiger partial charge in [0.25, 0.3) is 10.0 Å². The number of hydrogen-bond acceptors (Lipinski definition) is 6. The fraction of sp³-hybridized carbons (Fsp3) is 0.333. The molecule has 9 heteroatoms. The number of anilines is 2. The first-order chi connectivity index (χ1) is 13.1. The lowest BCUT2D eigenvalue weighted by molar-refractivity contribution is 0.123. The second-order valence-corrected chi connectivity index (χ2v) is 7.88. The average Bonchev–Trinajstić information content (AvgIpc) is 3.19. The second kappa shape index (κ2) is 7.16. The summed E-state index contributed by atoms with van der Waals surface area (Å²) in [5, 5.41) is 1.04. The van der Waals surface area contributed by atoms with E-state index in [0.29, 0.717) is 31.0 Å². The molecular formula is C18H21N5O3S. The Morgan fingerprint density at radius 3 is 2.81 bits per heavy atom. The zero-order chi connectivity index (χ0) is 18.9. The molecule has 4 rings (SSSR count). The largest absolute Gasteiger partial charge is 0.378 e. The van der Waals surface area contributed by atoms with Gasteiger partial charge >= 0.3 is 0 Å². The van der Waals surface area contributed by atoms with E-state index in [1.807, 2.05) is 25.1 Å². The number of aryl methyl sites for hydroxylation is 1. The Hall–Kier alpha value is -2.65. The van der Waals surface area contributed by atoms with Gasteiger partial charge in [-0.3, -0.25) is 9.71 Å². The maximum atomic E-state index is 12.8. The third kappa shape index (κ3) is 3.35. The summed E-state index contributed by atoms with van der Waals surface area (Å²) >= 11 is 0. The minimum absolute atomic E-state index is 0.131. The van der Waals surface area contributed by atoms with Crippen molar-refractivity contribution < 1.29 is 13.2 Å². The zero-order valence-electron chi connectivity index (χ0n) is 15.0. The SMILES string of the molecule is CCn1cncc1S(=O)(=O)Nc1ccc(N2CCOCC2)c2cccnc12. The van der Waals surface area contributed by atoms with Crippen molar-refractivity contribution in [2.24, 2.45) is 0 Å². The molecule has 0 unspecified atom stereocenters. The number of benzene rings is 1. The normalized spacial score (nSPS) is 15.2. The highest BCUT2D eigenvalue weighted by Crippen LogP contribution is 2.32. The van der Waals surface area contributed by atoms with Gasteiger partial charge in [0.2, 0.25) is 0 Å². The number of aromatic nitrogens is 3. The van der Waals surface area contributed by atoms with Gasteiger partial charge in [-0.05, 0) is 31.2 Å². The van der Waals surface area contributed by atoms with Crippen LogP contribution in [0.25, 0.3) is 10.9 Å². The van der Waals surface area contributed by atoms with Gasteiger partial charge in [-0.15, -0.1) is 0 Å². The lowest BCUT2D eigenvalue weighted by atomic mass is 10.1. The van der Waals surface area contributed by atoms with Crippen LogP contribution in [0.3, 0.4) is 0 Å². The molecule has 0 aliphatic carbocycles. The molecule has 3 heterocycles. The van der Waals surface area contributed by atoms with Crippen molar-refractivity contribution in [1.29, 1.82) is 0 Å². The lowest BCUT2D eigenvalue weighted by Crippen LogP contribution is -2.36. The van der Waals surface area contributed by atoms with Crippen LogP contribution < -0.4 is 9.62 Å². The van der Waals surface area contributed by atoms with Crippen molar-refractivity contribution in [2.75, 3.05) is 35.9 Å². The number of hydrogen-bond donors (Lipinski definition) is 1. The molecular weight excluding hydrogens is 366 g/mol. The number of nitrogens with one attached hydrogen (secondary N) is 1. The van der Waals surface area contributed by atoms with Crippen molar-refractivity contribution >= 4 is 32.3 Å². The van der Waals surface area contributed by atoms with Crippen LogP contribution in [0, 0.1) is 0 Å². The van der Waals surface area contributed by atoms with Gasteiger partial charge in [0.05, 0.1) is 36.9 Å². The van der Waals surface area contributed by atoms with E-state index in [0.717, 1.165) is 24.2 Å². The van der Waals surface area contributed by atoms with E-state index in [1.165, 1.54) is 12.5 Å². The fourth-order valence-corrected chi connectivity index (χ4v) is 4.53. The number of imidazole rings is 1. The fourth-order valence-electron chi connectivity index (χ4n) is 3.29. The molecule has 0 bridgehead atoms. The van der Waals surface area contributed by atoms with Gasteiger partial charge in [-0.25, -0.2) is 4.98 Å². The van der Waals surface area contributed by atoms with Gasteiger partial charge in [0, 0.05) is 36.9 Å². The molecule has 1 aliphatic rings. The maximum Gasteiger partial charge on any atom is 0.279 e. The third-order valence-corrected chi connectivity index (χ3v) is 6.01. The van der Waals surface area contributed by atoms with E-state index in [9.17, 15) is 8.42 Å². The Kier molecular flexibility index (Phi) is 4.71. The standard InChI is InChI=1S/C18H21N5O3S/c1-2-22-13-19-12-17(22)27(24,25)21-15-5-6-16(23-8-10-26-11-9-23)14-4-3-7-20-18(14)15/h3-7,12-13,21H,2,8-11H2,1H3. The molecule has 2 aromatic heterocycles. The molecule has 0 atom stereocenters. The number of morpholine rings is 1. The molecule has 1 N–H and O–H groups in total. The van der Waals surface area contributed by atoms with E-state index >= 15 is 0 Å². The number of ether oxygens (including phenoxy) is 1. The van der Waals surface area contributed by atoms with E-state index in [-0.39, 0.29) is 5.03 Å². The van der Waals surface area contributed by atoms with Crippen LogP contribution in [0.2, 0.25) is 0 Å². The minimum Gasteiger partial charge on any atom is -0.378 e. The number of pyridine rings is 1. The van der Waals surface area contributed by atoms with Crippen LogP contribution >= 0.6 is 0 Å². The number of rotatable bonds is 5. The van der Waals surface area contributed by atoms with E-state index in [2.05, 4.69) is 19.6 Å². The Morgan fingerprint density at radius 1 is 1.22 bits per heavy atom. The molecule has 0 saturated carbocycles. The first-order valence-corrected chi connectivity index (χ1v) is 10.3. The van der Waals surface area contributed by atoms with Gasteiger partial charge in [0.1, 0.15) is 0 Å². The molecule has 0 radical (unpaired) electrons. The maximum absolute atomic E-state index is 12.8. The Morgan fingerprint density at radius 2 is 2.04 bits per heavy atom. The minimum atomic E-state index is -3.77. The quantitative estimate of drug-likeness (QED) is 0.721. The monoisotopic (exact) mass is 387 g/mol. The van der Waals surface area contributed by atoms with Crippen LogP contribution in [0.4, 0.5) is 11.4 Å². The highest BCUT2D eigenvalue weighted by Gasteiger charge is 2.22. The molecule has 3 aromatic rings. The van der Waals surface area contributed by atoms with Crippen molar-refractivity contribution in [3.63, 3.8) is 0 Å². The molecule has 0 amide bonds. The van der Waals surface area contributed by atoms with Crippen molar-refractivity contribution in [2.45, 2.75) is 18.5 Å². The number of fused-ring (bicyclic) bond motifs is 1. The molecule has 1 aliphatic heterocycles. The highest BCUT2D eigenvalue weighted by atomic mass is 32.2. The smallest absolute Gasteiger partial charge is 0.279 e. The number of nitrogens with zero attached hydrogens (tertiary/aromatic N) is 4. The molecule has 27 heavy (non-hydrogen) atoms. The van der Waals surface area contributed by atoms with Crippen LogP contribution in [0.5, 0.6) is 0 Å². The molecule has 1 fully saturated rings. The summed E-state index contributed by atoms with van der Waals surface area (Å²) in [4.78, 5) is 10.6. The molecule has 1 aromatic carbocycles. The van der Waals surface area contributed by atoms with Crippen LogP contribution in [-0.4, -0.2) is 49.3 Å². The Bertz CT molecular complexity index is 1060. The van der Waals surface area contributed by atoms with Crippen molar-refractivity contribution in [3.05, 3.63) is 43.0 Å². The predicted molar refractivity (Wildman–Crippen MR) is 103 cm³/mol. The second-order valence-electron chi connectivity index (χ2n) is 6.25. The molecule has 0 spiro atoms. The Labute approximate surface area is 157 Å². The summed E-state index contributed by atoms with van der Waals surface area (Å²) in [5.41, 5.74) is 2.10. The van der Waals surface area contributed by atoms with Gasteiger partial charge in [-0.2, -0.15) is 8.42 Å². The predicted octanol–water partition coefficient (Wildman–Crippen LogP) is 2.09. The van der Waals surface area contributed by atoms with Crippen LogP contribution in [-0.2, 0) is 21.3 Å². The first kappa shape index (κ1) is 17.7. The summed E-state index contributed by atoms with van der Waals surface area (Å²) in [5.74, 6) is 0. The van der Waals surface area contributed by atoms with Crippen molar-refractivity contribution in [1.82, 2.24) is 14.5 Å². The zero-order valence-corrected chi connectivity index (χ0v) is 15.8. The number of sulfonamides is 1. The topological polar surface area (TPSA) is 89.4 Å². The average molecular weight is 387 g/mol. The highest BCUT2D eigenvalue weighted by molar-refractivity contribution is 7.92. The molecule has 1 saturated heterocycles. The van der Waals surface area contributed by atoms with E-state index in [1.54, 1.807) is 16.8 Å². The van der Waals surface area contributed by atoms with Gasteiger partial charge in [0.15, 0.2) is 5.03 Å². The van der Waals surface area contributed by atoms with Gasteiger partial charge in [-0.1, -0.05) is 0 Å². The summed E-state index contributed by atoms with van der Waals surface area (Å²) in [6.45, 7) is 5.34. The molecule has 8 nitrogen and oxygen atoms in total. The first-order valence-electron chi connectivity index (χ1n) is 8.83. The van der Waals surface area contributed by atoms with E-state index in [4.69, 9.17) is 4.74 Å². The van der Waals surface area contributed by atoms with Crippen molar-refractivity contribution in [3.8, 4) is 0 Å². The Balaban J connectivity index is 1.75. The van der Waals surface area contributed by atoms with E-state index < -0.39 is 10.0 Å². The third-order valence-electron chi connectivity index (χ3n) is 4.63. The lowest BCUT2D eigenvalue weighted by Gasteiger charge is -2.30. The summed E-state index contributed by atoms with van der Waals surface area (Å²) in [7, 11) is -3.77. The summed E-state index contributed by atoms with van der Waals surface area (Å²) in [6, 6.07) is 7.52.